The number of nitrogens with two attached hydrogens (primary N) is 1. The molecule has 0 amide bonds. The first-order valence-corrected chi connectivity index (χ1v) is 5.03. The Kier molecular flexibility index (Phi) is 1.90. The SMILES string of the molecule is Nc1nonc1-c1nc(-c2cncs2)no1. The van der Waals surface area contributed by atoms with Crippen LogP contribution in [-0.2, 0) is 0 Å². The average molecular weight is 236 g/mol. The van der Waals surface area contributed by atoms with E-state index in [1.165, 1.54) is 11.3 Å². The first-order chi connectivity index (χ1) is 7.84. The second-order valence-electron chi connectivity index (χ2n) is 2.79. The lowest BCUT2D eigenvalue weighted by Crippen LogP contribution is -1.88. The van der Waals surface area contributed by atoms with Crippen molar-refractivity contribution in [3.8, 4) is 22.3 Å². The lowest BCUT2D eigenvalue weighted by atomic mass is 10.4. The summed E-state index contributed by atoms with van der Waals surface area (Å²) in [6.45, 7) is 0. The molecule has 0 saturated carbocycles. The third kappa shape index (κ3) is 1.34. The molecule has 3 rings (SSSR count). The van der Waals surface area contributed by atoms with Crippen LogP contribution in [0.5, 0.6) is 0 Å². The van der Waals surface area contributed by atoms with Crippen molar-refractivity contribution in [1.29, 1.82) is 0 Å². The fourth-order valence-electron chi connectivity index (χ4n) is 1.09. The van der Waals surface area contributed by atoms with Crippen molar-refractivity contribution in [3.63, 3.8) is 0 Å². The molecular formula is C7H4N6O2S. The first kappa shape index (κ1) is 8.97. The fourth-order valence-corrected chi connectivity index (χ4v) is 1.64. The molecule has 2 N–H and O–H groups in total. The fraction of sp³-hybridized carbons (Fsp3) is 0. The zero-order chi connectivity index (χ0) is 11.0. The molecule has 0 aliphatic carbocycles. The van der Waals surface area contributed by atoms with Gasteiger partial charge in [0.15, 0.2) is 0 Å². The highest BCUT2D eigenvalue weighted by Gasteiger charge is 2.18. The Labute approximate surface area is 92.1 Å². The first-order valence-electron chi connectivity index (χ1n) is 4.15. The topological polar surface area (TPSA) is 117 Å². The van der Waals surface area contributed by atoms with Crippen LogP contribution in [0.25, 0.3) is 22.3 Å². The molecule has 0 aliphatic rings. The molecule has 3 aromatic rings. The molecule has 80 valence electrons. The van der Waals surface area contributed by atoms with Crippen LogP contribution in [0.3, 0.4) is 0 Å². The van der Waals surface area contributed by atoms with Gasteiger partial charge in [0.05, 0.1) is 10.4 Å². The highest BCUT2D eigenvalue weighted by Crippen LogP contribution is 2.25. The lowest BCUT2D eigenvalue weighted by molar-refractivity contribution is 0.308. The number of nitrogens with zero attached hydrogens (tertiary/aromatic N) is 5. The molecule has 0 fully saturated rings. The van der Waals surface area contributed by atoms with Crippen LogP contribution in [0, 0.1) is 0 Å². The van der Waals surface area contributed by atoms with Crippen molar-refractivity contribution < 1.29 is 9.15 Å². The highest BCUT2D eigenvalue weighted by atomic mass is 32.1. The van der Waals surface area contributed by atoms with Crippen molar-refractivity contribution in [3.05, 3.63) is 11.7 Å². The Morgan fingerprint density at radius 2 is 2.19 bits per heavy atom. The summed E-state index contributed by atoms with van der Waals surface area (Å²) in [5.41, 5.74) is 7.41. The average Bonchev–Trinajstić information content (AvgIpc) is 2.96. The summed E-state index contributed by atoms with van der Waals surface area (Å²) < 4.78 is 9.43. The number of nitrogen functional groups attached to an aromatic ring is 1. The van der Waals surface area contributed by atoms with E-state index in [1.807, 2.05) is 0 Å². The summed E-state index contributed by atoms with van der Waals surface area (Å²) in [7, 11) is 0. The van der Waals surface area contributed by atoms with Gasteiger partial charge in [-0.2, -0.15) is 4.98 Å². The molecule has 3 aromatic heterocycles. The van der Waals surface area contributed by atoms with E-state index in [-0.39, 0.29) is 17.4 Å². The molecular weight excluding hydrogens is 232 g/mol. The predicted octanol–water partition coefficient (Wildman–Crippen LogP) is 0.825. The van der Waals surface area contributed by atoms with Gasteiger partial charge in [-0.25, -0.2) is 4.63 Å². The van der Waals surface area contributed by atoms with Gasteiger partial charge in [0.25, 0.3) is 5.89 Å². The van der Waals surface area contributed by atoms with Crippen LogP contribution in [-0.4, -0.2) is 25.4 Å². The van der Waals surface area contributed by atoms with E-state index in [9.17, 15) is 0 Å². The molecule has 0 aromatic carbocycles. The second kappa shape index (κ2) is 3.38. The van der Waals surface area contributed by atoms with Crippen LogP contribution >= 0.6 is 11.3 Å². The van der Waals surface area contributed by atoms with Gasteiger partial charge >= 0.3 is 0 Å². The molecule has 9 heteroatoms. The highest BCUT2D eigenvalue weighted by molar-refractivity contribution is 7.13. The quantitative estimate of drug-likeness (QED) is 0.695. The van der Waals surface area contributed by atoms with Crippen LogP contribution < -0.4 is 5.73 Å². The van der Waals surface area contributed by atoms with Crippen molar-refractivity contribution in [2.45, 2.75) is 0 Å². The molecule has 16 heavy (non-hydrogen) atoms. The number of anilines is 1. The Balaban J connectivity index is 2.03. The van der Waals surface area contributed by atoms with Crippen molar-refractivity contribution in [1.82, 2.24) is 25.4 Å². The van der Waals surface area contributed by atoms with Gasteiger partial charge in [0, 0.05) is 6.20 Å². The summed E-state index contributed by atoms with van der Waals surface area (Å²) in [5.74, 6) is 0.710. The van der Waals surface area contributed by atoms with Crippen LogP contribution in [0.15, 0.2) is 20.9 Å². The van der Waals surface area contributed by atoms with Gasteiger partial charge in [-0.05, 0) is 10.3 Å². The van der Waals surface area contributed by atoms with E-state index < -0.39 is 0 Å². The number of rotatable bonds is 2. The molecule has 3 heterocycles. The third-order valence-electron chi connectivity index (χ3n) is 1.80. The number of hydrogen-bond donors (Lipinski definition) is 1. The lowest BCUT2D eigenvalue weighted by Gasteiger charge is -1.83. The Morgan fingerprint density at radius 1 is 1.25 bits per heavy atom. The van der Waals surface area contributed by atoms with E-state index in [0.29, 0.717) is 5.82 Å². The van der Waals surface area contributed by atoms with Crippen molar-refractivity contribution >= 4 is 17.2 Å². The number of aromatic nitrogens is 5. The minimum atomic E-state index is 0.111. The molecule has 0 saturated heterocycles. The molecule has 0 unspecified atom stereocenters. The predicted molar refractivity (Wildman–Crippen MR) is 53.1 cm³/mol. The Bertz CT molecular complexity index is 600. The number of hydrogen-bond acceptors (Lipinski definition) is 9. The zero-order valence-electron chi connectivity index (χ0n) is 7.69. The molecule has 8 nitrogen and oxygen atoms in total. The largest absolute Gasteiger partial charge is 0.379 e. The normalized spacial score (nSPS) is 10.8. The molecule has 0 radical (unpaired) electrons. The van der Waals surface area contributed by atoms with Gasteiger partial charge in [0.2, 0.25) is 17.3 Å². The van der Waals surface area contributed by atoms with Crippen LogP contribution in [0.1, 0.15) is 0 Å². The maximum absolute atomic E-state index is 5.50. The van der Waals surface area contributed by atoms with E-state index in [0.717, 1.165) is 4.88 Å². The van der Waals surface area contributed by atoms with Crippen LogP contribution in [0.2, 0.25) is 0 Å². The maximum atomic E-state index is 5.50. The summed E-state index contributed by atoms with van der Waals surface area (Å²) in [6, 6.07) is 0. The second-order valence-corrected chi connectivity index (χ2v) is 3.67. The molecule has 0 bridgehead atoms. The van der Waals surface area contributed by atoms with E-state index >= 15 is 0 Å². The summed E-state index contributed by atoms with van der Waals surface area (Å²) in [5, 5.41) is 10.8. The number of thiazole rings is 1. The molecule has 0 atom stereocenters. The summed E-state index contributed by atoms with van der Waals surface area (Å²) >= 11 is 1.40. The molecule has 0 spiro atoms. The van der Waals surface area contributed by atoms with Crippen LogP contribution in [0.4, 0.5) is 5.82 Å². The van der Waals surface area contributed by atoms with Crippen molar-refractivity contribution in [2.75, 3.05) is 5.73 Å². The Morgan fingerprint density at radius 3 is 2.88 bits per heavy atom. The third-order valence-corrected chi connectivity index (χ3v) is 2.56. The maximum Gasteiger partial charge on any atom is 0.284 e. The smallest absolute Gasteiger partial charge is 0.284 e. The summed E-state index contributed by atoms with van der Waals surface area (Å²) in [4.78, 5) is 8.82. The van der Waals surface area contributed by atoms with Gasteiger partial charge < -0.3 is 10.3 Å². The van der Waals surface area contributed by atoms with Gasteiger partial charge in [0.1, 0.15) is 0 Å². The summed E-state index contributed by atoms with van der Waals surface area (Å²) in [6.07, 6.45) is 1.64. The van der Waals surface area contributed by atoms with Gasteiger partial charge in [-0.15, -0.1) is 11.3 Å². The van der Waals surface area contributed by atoms with E-state index in [2.05, 4.69) is 30.1 Å². The molecule has 0 aliphatic heterocycles. The monoisotopic (exact) mass is 236 g/mol. The van der Waals surface area contributed by atoms with Gasteiger partial charge in [-0.3, -0.25) is 4.98 Å². The van der Waals surface area contributed by atoms with Gasteiger partial charge in [-0.1, -0.05) is 5.16 Å². The zero-order valence-corrected chi connectivity index (χ0v) is 8.51. The minimum absolute atomic E-state index is 0.111. The van der Waals surface area contributed by atoms with Crippen molar-refractivity contribution in [2.24, 2.45) is 0 Å². The Hall–Kier alpha value is -2.29. The minimum Gasteiger partial charge on any atom is -0.379 e. The van der Waals surface area contributed by atoms with E-state index in [1.54, 1.807) is 11.7 Å². The van der Waals surface area contributed by atoms with E-state index in [4.69, 9.17) is 10.3 Å². The standard InChI is InChI=1S/C7H4N6O2S/c8-5-4(11-15-12-5)7-10-6(13-14-7)3-1-9-2-16-3/h1-2H,(H2,8,12).